The maximum atomic E-state index is 11.8. The monoisotopic (exact) mass is 305 g/mol. The van der Waals surface area contributed by atoms with Crippen LogP contribution in [0, 0.1) is 5.92 Å². The minimum atomic E-state index is -0.231. The molecule has 1 fully saturated rings. The molecule has 0 radical (unpaired) electrons. The number of hydrogen-bond acceptors (Lipinski definition) is 4. The van der Waals surface area contributed by atoms with Crippen LogP contribution >= 0.6 is 0 Å². The maximum Gasteiger partial charge on any atom is 0.239 e. The van der Waals surface area contributed by atoms with Crippen LogP contribution in [0.1, 0.15) is 12.5 Å². The summed E-state index contributed by atoms with van der Waals surface area (Å²) in [5, 5.41) is 14.9. The first-order chi connectivity index (χ1) is 10.6. The van der Waals surface area contributed by atoms with Crippen molar-refractivity contribution in [2.45, 2.75) is 19.5 Å². The summed E-state index contributed by atoms with van der Waals surface area (Å²) in [5.74, 6) is -0.434. The van der Waals surface area contributed by atoms with Gasteiger partial charge in [-0.25, -0.2) is 0 Å². The van der Waals surface area contributed by atoms with Gasteiger partial charge in [-0.3, -0.25) is 14.5 Å². The van der Waals surface area contributed by atoms with Crippen molar-refractivity contribution in [1.82, 2.24) is 15.5 Å². The van der Waals surface area contributed by atoms with Gasteiger partial charge in [-0.05, 0) is 5.56 Å². The Morgan fingerprint density at radius 2 is 2.00 bits per heavy atom. The van der Waals surface area contributed by atoms with Gasteiger partial charge in [0.15, 0.2) is 0 Å². The summed E-state index contributed by atoms with van der Waals surface area (Å²) in [6.45, 7) is 3.64. The van der Waals surface area contributed by atoms with Crippen LogP contribution in [0.5, 0.6) is 0 Å². The fourth-order valence-corrected chi connectivity index (χ4v) is 2.74. The molecular formula is C16H23N3O3. The van der Waals surface area contributed by atoms with E-state index in [9.17, 15) is 14.7 Å². The molecule has 0 bridgehead atoms. The van der Waals surface area contributed by atoms with E-state index in [1.807, 2.05) is 18.2 Å². The lowest BCUT2D eigenvalue weighted by Gasteiger charge is -2.18. The van der Waals surface area contributed by atoms with Gasteiger partial charge in [0.1, 0.15) is 0 Å². The number of carbonyl (C=O) groups is 2. The van der Waals surface area contributed by atoms with Crippen molar-refractivity contribution < 1.29 is 14.7 Å². The zero-order chi connectivity index (χ0) is 15.9. The van der Waals surface area contributed by atoms with E-state index in [4.69, 9.17) is 0 Å². The van der Waals surface area contributed by atoms with Gasteiger partial charge in [-0.1, -0.05) is 30.3 Å². The van der Waals surface area contributed by atoms with Gasteiger partial charge in [0.25, 0.3) is 0 Å². The fraction of sp³-hybridized carbons (Fsp3) is 0.500. The number of hydrogen-bond donors (Lipinski definition) is 3. The molecule has 3 N–H and O–H groups in total. The van der Waals surface area contributed by atoms with Crippen LogP contribution < -0.4 is 10.6 Å². The molecular weight excluding hydrogens is 282 g/mol. The van der Waals surface area contributed by atoms with E-state index in [1.165, 1.54) is 12.5 Å². The summed E-state index contributed by atoms with van der Waals surface area (Å²) in [5.41, 5.74) is 1.21. The van der Waals surface area contributed by atoms with Gasteiger partial charge in [0.2, 0.25) is 11.8 Å². The van der Waals surface area contributed by atoms with Crippen LogP contribution in [0.25, 0.3) is 0 Å². The smallest absolute Gasteiger partial charge is 0.239 e. The molecule has 2 rings (SSSR count). The molecule has 120 valence electrons. The lowest BCUT2D eigenvalue weighted by atomic mass is 10.1. The third-order valence-electron chi connectivity index (χ3n) is 3.84. The van der Waals surface area contributed by atoms with Gasteiger partial charge < -0.3 is 15.7 Å². The van der Waals surface area contributed by atoms with Crippen molar-refractivity contribution in [1.29, 1.82) is 0 Å². The average Bonchev–Trinajstić information content (AvgIpc) is 2.87. The molecule has 1 saturated heterocycles. The number of likely N-dealkylation sites (tertiary alicyclic amines) is 1. The Kier molecular flexibility index (Phi) is 5.91. The van der Waals surface area contributed by atoms with Crippen LogP contribution in [0.3, 0.4) is 0 Å². The van der Waals surface area contributed by atoms with Crippen molar-refractivity contribution >= 4 is 11.8 Å². The van der Waals surface area contributed by atoms with E-state index >= 15 is 0 Å². The molecule has 0 unspecified atom stereocenters. The number of aliphatic hydroxyl groups excluding tert-OH is 1. The number of nitrogens with one attached hydrogen (secondary N) is 2. The summed E-state index contributed by atoms with van der Waals surface area (Å²) in [7, 11) is 0. The van der Waals surface area contributed by atoms with Crippen molar-refractivity contribution in [3.8, 4) is 0 Å². The number of benzene rings is 1. The Labute approximate surface area is 130 Å². The van der Waals surface area contributed by atoms with E-state index in [2.05, 4.69) is 27.7 Å². The Morgan fingerprint density at radius 3 is 2.64 bits per heavy atom. The van der Waals surface area contributed by atoms with Crippen molar-refractivity contribution in [3.63, 3.8) is 0 Å². The van der Waals surface area contributed by atoms with Gasteiger partial charge >= 0.3 is 0 Å². The Morgan fingerprint density at radius 1 is 1.27 bits per heavy atom. The summed E-state index contributed by atoms with van der Waals surface area (Å²) in [4.78, 5) is 24.8. The van der Waals surface area contributed by atoms with Gasteiger partial charge in [-0.2, -0.15) is 0 Å². The molecule has 1 heterocycles. The van der Waals surface area contributed by atoms with Gasteiger partial charge in [0, 0.05) is 45.1 Å². The van der Waals surface area contributed by atoms with E-state index in [0.29, 0.717) is 6.54 Å². The van der Waals surface area contributed by atoms with E-state index in [-0.39, 0.29) is 36.9 Å². The second kappa shape index (κ2) is 7.91. The summed E-state index contributed by atoms with van der Waals surface area (Å²) >= 11 is 0. The SMILES string of the molecule is CC(=O)NCC(=O)N[C@@H]1CN(Cc2ccccc2)C[C@H]1CO. The molecule has 2 amide bonds. The third kappa shape index (κ3) is 4.82. The number of rotatable bonds is 6. The van der Waals surface area contributed by atoms with E-state index in [1.54, 1.807) is 0 Å². The predicted octanol–water partition coefficient (Wildman–Crippen LogP) is -0.268. The Hall–Kier alpha value is -1.92. The molecule has 1 aromatic rings. The van der Waals surface area contributed by atoms with Crippen LogP contribution in [0.15, 0.2) is 30.3 Å². The minimum Gasteiger partial charge on any atom is -0.396 e. The third-order valence-corrected chi connectivity index (χ3v) is 3.84. The second-order valence-corrected chi connectivity index (χ2v) is 5.71. The highest BCUT2D eigenvalue weighted by molar-refractivity contribution is 5.83. The first-order valence-electron chi connectivity index (χ1n) is 7.49. The first-order valence-corrected chi connectivity index (χ1v) is 7.49. The highest BCUT2D eigenvalue weighted by atomic mass is 16.3. The normalized spacial score (nSPS) is 21.5. The first kappa shape index (κ1) is 16.5. The van der Waals surface area contributed by atoms with Gasteiger partial charge in [0.05, 0.1) is 6.54 Å². The summed E-state index contributed by atoms with van der Waals surface area (Å²) in [6, 6.07) is 10.0. The fourth-order valence-electron chi connectivity index (χ4n) is 2.74. The Bertz CT molecular complexity index is 507. The van der Waals surface area contributed by atoms with Crippen LogP contribution in [0.4, 0.5) is 0 Å². The number of amides is 2. The molecule has 0 saturated carbocycles. The minimum absolute atomic E-state index is 0.0185. The summed E-state index contributed by atoms with van der Waals surface area (Å²) < 4.78 is 0. The zero-order valence-corrected chi connectivity index (χ0v) is 12.8. The van der Waals surface area contributed by atoms with Gasteiger partial charge in [-0.15, -0.1) is 0 Å². The maximum absolute atomic E-state index is 11.8. The van der Waals surface area contributed by atoms with E-state index in [0.717, 1.165) is 13.1 Å². The molecule has 1 aliphatic rings. The highest BCUT2D eigenvalue weighted by Gasteiger charge is 2.33. The second-order valence-electron chi connectivity index (χ2n) is 5.71. The Balaban J connectivity index is 1.86. The summed E-state index contributed by atoms with van der Waals surface area (Å²) in [6.07, 6.45) is 0. The molecule has 0 spiro atoms. The van der Waals surface area contributed by atoms with E-state index < -0.39 is 0 Å². The number of carbonyl (C=O) groups excluding carboxylic acids is 2. The predicted molar refractivity (Wildman–Crippen MR) is 82.9 cm³/mol. The molecule has 2 atom stereocenters. The highest BCUT2D eigenvalue weighted by Crippen LogP contribution is 2.19. The van der Waals surface area contributed by atoms with Crippen molar-refractivity contribution in [2.24, 2.45) is 5.92 Å². The van der Waals surface area contributed by atoms with Crippen molar-refractivity contribution in [3.05, 3.63) is 35.9 Å². The number of aliphatic hydroxyl groups is 1. The van der Waals surface area contributed by atoms with Crippen LogP contribution in [-0.4, -0.2) is 54.1 Å². The molecule has 0 aromatic heterocycles. The van der Waals surface area contributed by atoms with Crippen molar-refractivity contribution in [2.75, 3.05) is 26.2 Å². The largest absolute Gasteiger partial charge is 0.396 e. The number of nitrogens with zero attached hydrogens (tertiary/aromatic N) is 1. The molecule has 6 nitrogen and oxygen atoms in total. The molecule has 6 heteroatoms. The van der Waals surface area contributed by atoms with Crippen LogP contribution in [-0.2, 0) is 16.1 Å². The van der Waals surface area contributed by atoms with Crippen LogP contribution in [0.2, 0.25) is 0 Å². The standard InChI is InChI=1S/C16H23N3O3/c1-12(21)17-7-16(22)18-15-10-19(9-14(15)11-20)8-13-5-3-2-4-6-13/h2-6,14-15,20H,7-11H2,1H3,(H,17,21)(H,18,22)/t14-,15+/m0/s1. The molecule has 1 aromatic carbocycles. The molecule has 1 aliphatic heterocycles. The quantitative estimate of drug-likeness (QED) is 0.676. The average molecular weight is 305 g/mol. The molecule has 0 aliphatic carbocycles. The lowest BCUT2D eigenvalue weighted by molar-refractivity contribution is -0.125. The topological polar surface area (TPSA) is 81.7 Å². The molecule has 22 heavy (non-hydrogen) atoms. The zero-order valence-electron chi connectivity index (χ0n) is 12.8. The lowest BCUT2D eigenvalue weighted by Crippen LogP contribution is -2.45.